The van der Waals surface area contributed by atoms with Gasteiger partial charge in [0.15, 0.2) is 0 Å². The summed E-state index contributed by atoms with van der Waals surface area (Å²) in [6.45, 7) is 0.514. The SMILES string of the molecule is O=c1n(CCO)c2c(n1CCO)=CCCC=2. The lowest BCUT2D eigenvalue weighted by Crippen LogP contribution is -2.35. The summed E-state index contributed by atoms with van der Waals surface area (Å²) in [6.07, 6.45) is 5.86. The molecule has 0 aliphatic heterocycles. The molecule has 0 radical (unpaired) electrons. The van der Waals surface area contributed by atoms with Crippen LogP contribution in [-0.4, -0.2) is 32.6 Å². The minimum atomic E-state index is -0.150. The van der Waals surface area contributed by atoms with Crippen molar-refractivity contribution >= 4 is 12.2 Å². The van der Waals surface area contributed by atoms with Gasteiger partial charge >= 0.3 is 5.69 Å². The highest BCUT2D eigenvalue weighted by Crippen LogP contribution is 1.94. The van der Waals surface area contributed by atoms with Crippen LogP contribution in [0.4, 0.5) is 0 Å². The Morgan fingerprint density at radius 3 is 1.81 bits per heavy atom. The van der Waals surface area contributed by atoms with Gasteiger partial charge in [-0.25, -0.2) is 4.79 Å². The zero-order chi connectivity index (χ0) is 11.5. The molecule has 1 aromatic heterocycles. The second-order valence-corrected chi connectivity index (χ2v) is 3.79. The van der Waals surface area contributed by atoms with E-state index in [0.29, 0.717) is 13.1 Å². The van der Waals surface area contributed by atoms with Gasteiger partial charge in [-0.15, -0.1) is 0 Å². The van der Waals surface area contributed by atoms with Crippen LogP contribution in [0.1, 0.15) is 12.8 Å². The van der Waals surface area contributed by atoms with E-state index in [0.717, 1.165) is 23.5 Å². The van der Waals surface area contributed by atoms with E-state index in [2.05, 4.69) is 0 Å². The summed E-state index contributed by atoms with van der Waals surface area (Å²) < 4.78 is 3.14. The quantitative estimate of drug-likeness (QED) is 0.621. The normalized spacial score (nSPS) is 14.1. The van der Waals surface area contributed by atoms with Gasteiger partial charge in [0.25, 0.3) is 0 Å². The number of rotatable bonds is 4. The van der Waals surface area contributed by atoms with Crippen molar-refractivity contribution < 1.29 is 10.2 Å². The van der Waals surface area contributed by atoms with Gasteiger partial charge in [0, 0.05) is 0 Å². The monoisotopic (exact) mass is 224 g/mol. The third-order valence-electron chi connectivity index (χ3n) is 2.80. The second-order valence-electron chi connectivity index (χ2n) is 3.79. The summed E-state index contributed by atoms with van der Waals surface area (Å²) >= 11 is 0. The van der Waals surface area contributed by atoms with Crippen LogP contribution in [0.2, 0.25) is 0 Å². The van der Waals surface area contributed by atoms with Gasteiger partial charge in [-0.05, 0) is 12.8 Å². The van der Waals surface area contributed by atoms with Gasteiger partial charge in [0.05, 0.1) is 37.0 Å². The van der Waals surface area contributed by atoms with Gasteiger partial charge in [-0.3, -0.25) is 9.13 Å². The van der Waals surface area contributed by atoms with Crippen LogP contribution in [0.15, 0.2) is 4.79 Å². The van der Waals surface area contributed by atoms with Crippen molar-refractivity contribution in [2.75, 3.05) is 13.2 Å². The molecule has 0 atom stereocenters. The van der Waals surface area contributed by atoms with Crippen LogP contribution in [0.25, 0.3) is 12.2 Å². The number of fused-ring (bicyclic) bond motifs is 1. The summed E-state index contributed by atoms with van der Waals surface area (Å²) in [4.78, 5) is 12.0. The molecular formula is C11H16N2O3. The summed E-state index contributed by atoms with van der Waals surface area (Å²) in [5.41, 5.74) is -0.150. The van der Waals surface area contributed by atoms with E-state index < -0.39 is 0 Å². The highest BCUT2D eigenvalue weighted by atomic mass is 16.3. The first-order valence-corrected chi connectivity index (χ1v) is 5.51. The lowest BCUT2D eigenvalue weighted by Gasteiger charge is -1.99. The third kappa shape index (κ3) is 1.72. The molecule has 2 N–H and O–H groups in total. The molecule has 1 aromatic rings. The highest BCUT2D eigenvalue weighted by molar-refractivity contribution is 5.33. The lowest BCUT2D eigenvalue weighted by molar-refractivity contribution is 0.265. The smallest absolute Gasteiger partial charge is 0.329 e. The Bertz CT molecular complexity index is 492. The summed E-state index contributed by atoms with van der Waals surface area (Å²) in [5, 5.41) is 19.6. The molecule has 1 aliphatic rings. The van der Waals surface area contributed by atoms with Crippen molar-refractivity contribution in [1.82, 2.24) is 9.13 Å². The minimum absolute atomic E-state index is 0.0523. The number of aliphatic hydroxyl groups is 2. The van der Waals surface area contributed by atoms with E-state index in [1.54, 1.807) is 9.13 Å². The van der Waals surface area contributed by atoms with Crippen molar-refractivity contribution in [3.8, 4) is 0 Å². The Balaban J connectivity index is 2.69. The van der Waals surface area contributed by atoms with E-state index in [4.69, 9.17) is 10.2 Å². The number of hydrogen-bond acceptors (Lipinski definition) is 3. The second kappa shape index (κ2) is 4.67. The molecule has 0 bridgehead atoms. The van der Waals surface area contributed by atoms with Crippen molar-refractivity contribution in [2.45, 2.75) is 25.9 Å². The van der Waals surface area contributed by atoms with Crippen molar-refractivity contribution in [1.29, 1.82) is 0 Å². The van der Waals surface area contributed by atoms with E-state index in [-0.39, 0.29) is 18.9 Å². The molecule has 0 spiro atoms. The highest BCUT2D eigenvalue weighted by Gasteiger charge is 2.10. The van der Waals surface area contributed by atoms with Gasteiger partial charge < -0.3 is 10.2 Å². The summed E-state index contributed by atoms with van der Waals surface area (Å²) in [7, 11) is 0. The molecule has 5 heteroatoms. The molecule has 0 saturated heterocycles. The van der Waals surface area contributed by atoms with Crippen LogP contribution in [0.5, 0.6) is 0 Å². The largest absolute Gasteiger partial charge is 0.395 e. The molecule has 0 aromatic carbocycles. The van der Waals surface area contributed by atoms with Crippen LogP contribution in [0, 0.1) is 0 Å². The molecule has 0 amide bonds. The van der Waals surface area contributed by atoms with Crippen molar-refractivity contribution in [3.05, 3.63) is 21.2 Å². The fourth-order valence-corrected chi connectivity index (χ4v) is 2.13. The predicted molar refractivity (Wildman–Crippen MR) is 60.3 cm³/mol. The Kier molecular flexibility index (Phi) is 3.26. The van der Waals surface area contributed by atoms with Crippen LogP contribution < -0.4 is 16.4 Å². The summed E-state index contributed by atoms with van der Waals surface area (Å²) in [6, 6.07) is 0. The first kappa shape index (κ1) is 11.2. The molecule has 1 heterocycles. The topological polar surface area (TPSA) is 67.4 Å². The Morgan fingerprint density at radius 2 is 1.44 bits per heavy atom. The fourth-order valence-electron chi connectivity index (χ4n) is 2.13. The van der Waals surface area contributed by atoms with Gasteiger partial charge in [0.2, 0.25) is 0 Å². The molecule has 1 aliphatic carbocycles. The van der Waals surface area contributed by atoms with Crippen molar-refractivity contribution in [2.24, 2.45) is 0 Å². The summed E-state index contributed by atoms with van der Waals surface area (Å²) in [5.74, 6) is 0. The minimum Gasteiger partial charge on any atom is -0.395 e. The molecular weight excluding hydrogens is 208 g/mol. The maximum absolute atomic E-state index is 12.0. The fraction of sp³-hybridized carbons (Fsp3) is 0.545. The Labute approximate surface area is 92.6 Å². The van der Waals surface area contributed by atoms with E-state index in [1.165, 1.54) is 0 Å². The lowest BCUT2D eigenvalue weighted by atomic mass is 10.2. The third-order valence-corrected chi connectivity index (χ3v) is 2.80. The standard InChI is InChI=1S/C11H16N2O3/c14-7-5-12-9-3-1-2-4-10(9)13(6-8-15)11(12)16/h3-4,14-15H,1-2,5-8H2. The number of aromatic nitrogens is 2. The molecule has 88 valence electrons. The Morgan fingerprint density at radius 1 is 1.00 bits per heavy atom. The molecule has 16 heavy (non-hydrogen) atoms. The Hall–Kier alpha value is -1.33. The number of hydrogen-bond donors (Lipinski definition) is 2. The molecule has 5 nitrogen and oxygen atoms in total. The average Bonchev–Trinajstić information content (AvgIpc) is 2.56. The van der Waals surface area contributed by atoms with E-state index in [9.17, 15) is 4.79 Å². The number of imidazole rings is 1. The molecule has 0 unspecified atom stereocenters. The van der Waals surface area contributed by atoms with Gasteiger partial charge in [-0.2, -0.15) is 0 Å². The van der Waals surface area contributed by atoms with Crippen LogP contribution in [-0.2, 0) is 13.1 Å². The average molecular weight is 224 g/mol. The maximum atomic E-state index is 12.0. The number of aliphatic hydroxyl groups excluding tert-OH is 2. The first-order valence-electron chi connectivity index (χ1n) is 5.51. The van der Waals surface area contributed by atoms with Crippen molar-refractivity contribution in [3.63, 3.8) is 0 Å². The maximum Gasteiger partial charge on any atom is 0.329 e. The van der Waals surface area contributed by atoms with E-state index >= 15 is 0 Å². The molecule has 2 rings (SSSR count). The zero-order valence-electron chi connectivity index (χ0n) is 9.09. The molecule has 0 fully saturated rings. The zero-order valence-corrected chi connectivity index (χ0v) is 9.09. The first-order chi connectivity index (χ1) is 7.79. The number of nitrogens with zero attached hydrogens (tertiary/aromatic N) is 2. The van der Waals surface area contributed by atoms with Gasteiger partial charge in [-0.1, -0.05) is 12.2 Å². The predicted octanol–water partition coefficient (Wildman–Crippen LogP) is -2.01. The van der Waals surface area contributed by atoms with E-state index in [1.807, 2.05) is 12.2 Å². The molecule has 0 saturated carbocycles. The van der Waals surface area contributed by atoms with Gasteiger partial charge in [0.1, 0.15) is 0 Å². The van der Waals surface area contributed by atoms with Crippen LogP contribution in [0.3, 0.4) is 0 Å². The van der Waals surface area contributed by atoms with Crippen LogP contribution >= 0.6 is 0 Å².